The van der Waals surface area contributed by atoms with E-state index in [0.29, 0.717) is 41.6 Å². The molecule has 0 unspecified atom stereocenters. The van der Waals surface area contributed by atoms with Gasteiger partial charge in [-0.2, -0.15) is 0 Å². The van der Waals surface area contributed by atoms with Gasteiger partial charge in [-0.1, -0.05) is 56.3 Å². The molecule has 160 valence electrons. The van der Waals surface area contributed by atoms with Crippen LogP contribution in [-0.2, 0) is 11.2 Å². The Labute approximate surface area is 183 Å². The lowest BCUT2D eigenvalue weighted by Gasteiger charge is -2.11. The maximum absolute atomic E-state index is 12.7. The number of carbonyl (C=O) groups is 2. The molecule has 0 saturated heterocycles. The van der Waals surface area contributed by atoms with Crippen molar-refractivity contribution < 1.29 is 14.3 Å². The zero-order valence-corrected chi connectivity index (χ0v) is 17.9. The minimum absolute atomic E-state index is 0.110. The predicted molar refractivity (Wildman–Crippen MR) is 125 cm³/mol. The summed E-state index contributed by atoms with van der Waals surface area (Å²) in [5.41, 5.74) is 2.69. The molecule has 0 bridgehead atoms. The lowest BCUT2D eigenvalue weighted by atomic mass is 10.1. The van der Waals surface area contributed by atoms with Crippen molar-refractivity contribution in [3.8, 4) is 5.75 Å². The van der Waals surface area contributed by atoms with E-state index in [1.165, 1.54) is 0 Å². The lowest BCUT2D eigenvalue weighted by Crippen LogP contribution is -2.15. The molecule has 5 nitrogen and oxygen atoms in total. The number of nitrogens with one attached hydrogen (secondary N) is 2. The summed E-state index contributed by atoms with van der Waals surface area (Å²) >= 11 is 0. The molecule has 3 aromatic carbocycles. The van der Waals surface area contributed by atoms with Gasteiger partial charge in [0.25, 0.3) is 5.91 Å². The molecule has 3 aromatic rings. The molecule has 0 fully saturated rings. The van der Waals surface area contributed by atoms with Crippen molar-refractivity contribution in [3.05, 3.63) is 90.0 Å². The molecule has 3 rings (SSSR count). The highest BCUT2D eigenvalue weighted by Gasteiger charge is 2.09. The van der Waals surface area contributed by atoms with Gasteiger partial charge in [-0.15, -0.1) is 0 Å². The largest absolute Gasteiger partial charge is 0.494 e. The Bertz CT molecular complexity index is 1020. The second kappa shape index (κ2) is 11.0. The zero-order valence-electron chi connectivity index (χ0n) is 17.9. The molecular formula is C26H28N2O3. The maximum Gasteiger partial charge on any atom is 0.255 e. The van der Waals surface area contributed by atoms with Crippen molar-refractivity contribution in [1.82, 2.24) is 0 Å². The van der Waals surface area contributed by atoms with E-state index in [-0.39, 0.29) is 11.8 Å². The molecule has 2 N–H and O–H groups in total. The van der Waals surface area contributed by atoms with Gasteiger partial charge in [0, 0.05) is 16.9 Å². The first-order chi connectivity index (χ1) is 15.0. The van der Waals surface area contributed by atoms with Crippen molar-refractivity contribution in [1.29, 1.82) is 0 Å². The van der Waals surface area contributed by atoms with Crippen LogP contribution in [0.4, 0.5) is 11.4 Å². The van der Waals surface area contributed by atoms with Gasteiger partial charge in [0.2, 0.25) is 5.91 Å². The number of benzene rings is 3. The molecule has 0 radical (unpaired) electrons. The molecular weight excluding hydrogens is 388 g/mol. The van der Waals surface area contributed by atoms with Crippen LogP contribution < -0.4 is 15.4 Å². The third-order valence-electron chi connectivity index (χ3n) is 4.67. The average molecular weight is 417 g/mol. The molecule has 0 aromatic heterocycles. The SMILES string of the molecule is CC(C)CCOc1cccc(C(=O)Nc2cccc(NC(=O)Cc3ccccc3)c2)c1. The average Bonchev–Trinajstić information content (AvgIpc) is 2.74. The predicted octanol–water partition coefficient (Wildman–Crippen LogP) is 5.55. The first-order valence-corrected chi connectivity index (χ1v) is 10.5. The number of anilines is 2. The molecule has 0 aliphatic rings. The Morgan fingerprint density at radius 1 is 0.839 bits per heavy atom. The zero-order chi connectivity index (χ0) is 22.1. The molecule has 2 amide bonds. The minimum atomic E-state index is -0.234. The Hall–Kier alpha value is -3.60. The minimum Gasteiger partial charge on any atom is -0.494 e. The number of carbonyl (C=O) groups excluding carboxylic acids is 2. The van der Waals surface area contributed by atoms with Crippen LogP contribution in [0.3, 0.4) is 0 Å². The molecule has 0 aliphatic heterocycles. The third-order valence-corrected chi connectivity index (χ3v) is 4.67. The second-order valence-electron chi connectivity index (χ2n) is 7.80. The number of hydrogen-bond donors (Lipinski definition) is 2. The molecule has 0 heterocycles. The molecule has 0 aliphatic carbocycles. The van der Waals surface area contributed by atoms with Gasteiger partial charge in [-0.05, 0) is 54.3 Å². The molecule has 0 atom stereocenters. The summed E-state index contributed by atoms with van der Waals surface area (Å²) in [6, 6.07) is 23.8. The number of hydrogen-bond acceptors (Lipinski definition) is 3. The van der Waals surface area contributed by atoms with Crippen molar-refractivity contribution in [2.24, 2.45) is 5.92 Å². The van der Waals surface area contributed by atoms with Crippen LogP contribution in [0.2, 0.25) is 0 Å². The summed E-state index contributed by atoms with van der Waals surface area (Å²) in [6.45, 7) is 4.91. The summed E-state index contributed by atoms with van der Waals surface area (Å²) in [6.07, 6.45) is 1.25. The van der Waals surface area contributed by atoms with Crippen LogP contribution in [0.15, 0.2) is 78.9 Å². The number of amides is 2. The maximum atomic E-state index is 12.7. The van der Waals surface area contributed by atoms with E-state index in [1.54, 1.807) is 42.5 Å². The highest BCUT2D eigenvalue weighted by molar-refractivity contribution is 6.05. The van der Waals surface area contributed by atoms with E-state index in [2.05, 4.69) is 24.5 Å². The molecule has 0 spiro atoms. The Balaban J connectivity index is 1.59. The van der Waals surface area contributed by atoms with Gasteiger partial charge in [0.15, 0.2) is 0 Å². The summed E-state index contributed by atoms with van der Waals surface area (Å²) in [5, 5.41) is 5.75. The second-order valence-corrected chi connectivity index (χ2v) is 7.80. The van der Waals surface area contributed by atoms with Gasteiger partial charge < -0.3 is 15.4 Å². The highest BCUT2D eigenvalue weighted by Crippen LogP contribution is 2.19. The fourth-order valence-electron chi connectivity index (χ4n) is 3.00. The monoisotopic (exact) mass is 416 g/mol. The van der Waals surface area contributed by atoms with E-state index < -0.39 is 0 Å². The van der Waals surface area contributed by atoms with Gasteiger partial charge in [0.1, 0.15) is 5.75 Å². The summed E-state index contributed by atoms with van der Waals surface area (Å²) in [5.74, 6) is 0.894. The van der Waals surface area contributed by atoms with Gasteiger partial charge >= 0.3 is 0 Å². The van der Waals surface area contributed by atoms with Crippen LogP contribution in [0.25, 0.3) is 0 Å². The lowest BCUT2D eigenvalue weighted by molar-refractivity contribution is -0.115. The fourth-order valence-corrected chi connectivity index (χ4v) is 3.00. The Morgan fingerprint density at radius 3 is 2.29 bits per heavy atom. The van der Waals surface area contributed by atoms with E-state index in [1.807, 2.05) is 36.4 Å². The van der Waals surface area contributed by atoms with E-state index in [0.717, 1.165) is 12.0 Å². The van der Waals surface area contributed by atoms with Crippen molar-refractivity contribution in [3.63, 3.8) is 0 Å². The summed E-state index contributed by atoms with van der Waals surface area (Å²) in [7, 11) is 0. The Kier molecular flexibility index (Phi) is 7.82. The van der Waals surface area contributed by atoms with Gasteiger partial charge in [0.05, 0.1) is 13.0 Å². The first kappa shape index (κ1) is 22.1. The molecule has 31 heavy (non-hydrogen) atoms. The third kappa shape index (κ3) is 7.30. The normalized spacial score (nSPS) is 10.5. The van der Waals surface area contributed by atoms with Crippen LogP contribution in [0, 0.1) is 5.92 Å². The quantitative estimate of drug-likeness (QED) is 0.481. The smallest absolute Gasteiger partial charge is 0.255 e. The van der Waals surface area contributed by atoms with Crippen molar-refractivity contribution in [2.75, 3.05) is 17.2 Å². The van der Waals surface area contributed by atoms with E-state index >= 15 is 0 Å². The van der Waals surface area contributed by atoms with Gasteiger partial charge in [-0.25, -0.2) is 0 Å². The summed E-state index contributed by atoms with van der Waals surface area (Å²) in [4.78, 5) is 25.0. The van der Waals surface area contributed by atoms with Crippen LogP contribution in [0.1, 0.15) is 36.2 Å². The van der Waals surface area contributed by atoms with E-state index in [9.17, 15) is 9.59 Å². The standard InChI is InChI=1S/C26H28N2O3/c1-19(2)14-15-31-24-13-6-10-21(17-24)26(30)28-23-12-7-11-22(18-23)27-25(29)16-20-8-4-3-5-9-20/h3-13,17-19H,14-16H2,1-2H3,(H,27,29)(H,28,30). The highest BCUT2D eigenvalue weighted by atomic mass is 16.5. The van der Waals surface area contributed by atoms with Crippen LogP contribution >= 0.6 is 0 Å². The summed E-state index contributed by atoms with van der Waals surface area (Å²) < 4.78 is 5.74. The van der Waals surface area contributed by atoms with Gasteiger partial charge in [-0.3, -0.25) is 9.59 Å². The number of ether oxygens (including phenoxy) is 1. The first-order valence-electron chi connectivity index (χ1n) is 10.5. The molecule has 0 saturated carbocycles. The van der Waals surface area contributed by atoms with E-state index in [4.69, 9.17) is 4.74 Å². The Morgan fingerprint density at radius 2 is 1.55 bits per heavy atom. The van der Waals surface area contributed by atoms with Crippen LogP contribution in [-0.4, -0.2) is 18.4 Å². The van der Waals surface area contributed by atoms with Crippen LogP contribution in [0.5, 0.6) is 5.75 Å². The fraction of sp³-hybridized carbons (Fsp3) is 0.231. The van der Waals surface area contributed by atoms with Crippen molar-refractivity contribution in [2.45, 2.75) is 26.7 Å². The van der Waals surface area contributed by atoms with Crippen molar-refractivity contribution >= 4 is 23.2 Å². The number of rotatable bonds is 9. The molecule has 5 heteroatoms. The topological polar surface area (TPSA) is 67.4 Å².